The molecular formula is C20H19FN4O. The molecule has 5 nitrogen and oxygen atoms in total. The molecule has 0 aliphatic carbocycles. The maximum atomic E-state index is 13.3. The van der Waals surface area contributed by atoms with Crippen molar-refractivity contribution in [3.8, 4) is 17.1 Å². The van der Waals surface area contributed by atoms with Gasteiger partial charge >= 0.3 is 0 Å². The summed E-state index contributed by atoms with van der Waals surface area (Å²) in [7, 11) is 0. The molecule has 0 saturated carbocycles. The molecule has 1 fully saturated rings. The molecule has 1 atom stereocenters. The number of rotatable bonds is 4. The Balaban J connectivity index is 1.81. The standard InChI is InChI=1S/C20H19FN4O/c1-14(24-13-5-8-18(24)26)20-22-19(15-6-3-2-4-7-15)23-25(20)17-11-9-16(21)10-12-17/h2-4,6-7,9-12,14H,5,8,13H2,1H3/t14-/m0/s1. The number of amides is 1. The maximum absolute atomic E-state index is 13.3. The van der Waals surface area contributed by atoms with E-state index in [2.05, 4.69) is 5.10 Å². The van der Waals surface area contributed by atoms with Crippen molar-refractivity contribution < 1.29 is 9.18 Å². The van der Waals surface area contributed by atoms with Crippen LogP contribution in [0.5, 0.6) is 0 Å². The largest absolute Gasteiger partial charge is 0.333 e. The molecular weight excluding hydrogens is 331 g/mol. The predicted octanol–water partition coefficient (Wildman–Crippen LogP) is 3.76. The number of halogens is 1. The fourth-order valence-electron chi connectivity index (χ4n) is 3.29. The first-order chi connectivity index (χ1) is 12.6. The molecule has 1 amide bonds. The van der Waals surface area contributed by atoms with Crippen LogP contribution < -0.4 is 0 Å². The molecule has 1 saturated heterocycles. The van der Waals surface area contributed by atoms with Gasteiger partial charge in [-0.15, -0.1) is 5.10 Å². The quantitative estimate of drug-likeness (QED) is 0.720. The summed E-state index contributed by atoms with van der Waals surface area (Å²) < 4.78 is 15.0. The molecule has 0 spiro atoms. The van der Waals surface area contributed by atoms with Gasteiger partial charge in [0.25, 0.3) is 0 Å². The molecule has 132 valence electrons. The van der Waals surface area contributed by atoms with Crippen molar-refractivity contribution in [1.29, 1.82) is 0 Å². The fraction of sp³-hybridized carbons (Fsp3) is 0.250. The van der Waals surface area contributed by atoms with Crippen molar-refractivity contribution in [2.24, 2.45) is 0 Å². The zero-order valence-corrected chi connectivity index (χ0v) is 14.5. The molecule has 0 radical (unpaired) electrons. The van der Waals surface area contributed by atoms with Crippen LogP contribution in [-0.2, 0) is 4.79 Å². The number of nitrogens with zero attached hydrogens (tertiary/aromatic N) is 4. The third-order valence-electron chi connectivity index (χ3n) is 4.69. The zero-order chi connectivity index (χ0) is 18.1. The molecule has 1 aliphatic heterocycles. The first-order valence-electron chi connectivity index (χ1n) is 8.71. The van der Waals surface area contributed by atoms with Crippen LogP contribution >= 0.6 is 0 Å². The van der Waals surface area contributed by atoms with E-state index >= 15 is 0 Å². The Hall–Kier alpha value is -3.02. The first-order valence-corrected chi connectivity index (χ1v) is 8.71. The van der Waals surface area contributed by atoms with Crippen LogP contribution in [0.15, 0.2) is 54.6 Å². The molecule has 4 rings (SSSR count). The van der Waals surface area contributed by atoms with Gasteiger partial charge in [0.2, 0.25) is 5.91 Å². The van der Waals surface area contributed by atoms with Crippen LogP contribution in [0.2, 0.25) is 0 Å². The van der Waals surface area contributed by atoms with Crippen molar-refractivity contribution in [2.45, 2.75) is 25.8 Å². The van der Waals surface area contributed by atoms with Crippen LogP contribution in [0, 0.1) is 5.82 Å². The lowest BCUT2D eigenvalue weighted by molar-refractivity contribution is -0.129. The Morgan fingerprint density at radius 2 is 1.81 bits per heavy atom. The van der Waals surface area contributed by atoms with E-state index in [1.54, 1.807) is 16.8 Å². The average molecular weight is 350 g/mol. The first kappa shape index (κ1) is 16.4. The van der Waals surface area contributed by atoms with Gasteiger partial charge in [0, 0.05) is 18.5 Å². The van der Waals surface area contributed by atoms with Crippen LogP contribution in [0.25, 0.3) is 17.1 Å². The molecule has 2 aromatic carbocycles. The van der Waals surface area contributed by atoms with E-state index in [0.717, 1.165) is 24.2 Å². The highest BCUT2D eigenvalue weighted by Crippen LogP contribution is 2.28. The summed E-state index contributed by atoms with van der Waals surface area (Å²) in [6.07, 6.45) is 1.43. The smallest absolute Gasteiger partial charge is 0.223 e. The normalized spacial score (nSPS) is 15.5. The topological polar surface area (TPSA) is 51.0 Å². The Morgan fingerprint density at radius 1 is 1.08 bits per heavy atom. The number of carbonyl (C=O) groups is 1. The number of benzene rings is 2. The van der Waals surface area contributed by atoms with Crippen LogP contribution in [-0.4, -0.2) is 32.1 Å². The lowest BCUT2D eigenvalue weighted by Gasteiger charge is -2.23. The lowest BCUT2D eigenvalue weighted by atomic mass is 10.2. The Kier molecular flexibility index (Phi) is 4.24. The van der Waals surface area contributed by atoms with E-state index < -0.39 is 0 Å². The monoisotopic (exact) mass is 350 g/mol. The Morgan fingerprint density at radius 3 is 2.46 bits per heavy atom. The van der Waals surface area contributed by atoms with E-state index in [9.17, 15) is 9.18 Å². The Bertz CT molecular complexity index is 921. The number of hydrogen-bond donors (Lipinski definition) is 0. The van der Waals surface area contributed by atoms with E-state index in [1.807, 2.05) is 42.2 Å². The van der Waals surface area contributed by atoms with Crippen LogP contribution in [0.4, 0.5) is 4.39 Å². The van der Waals surface area contributed by atoms with Gasteiger partial charge in [0.1, 0.15) is 5.82 Å². The lowest BCUT2D eigenvalue weighted by Crippen LogP contribution is -2.29. The number of hydrogen-bond acceptors (Lipinski definition) is 3. The summed E-state index contributed by atoms with van der Waals surface area (Å²) in [5.74, 6) is 1.09. The van der Waals surface area contributed by atoms with Crippen molar-refractivity contribution in [3.05, 3.63) is 66.2 Å². The second-order valence-corrected chi connectivity index (χ2v) is 6.41. The van der Waals surface area contributed by atoms with E-state index in [-0.39, 0.29) is 17.8 Å². The van der Waals surface area contributed by atoms with E-state index in [1.165, 1.54) is 12.1 Å². The summed E-state index contributed by atoms with van der Waals surface area (Å²) in [6.45, 7) is 2.68. The number of aromatic nitrogens is 3. The minimum atomic E-state index is -0.304. The van der Waals surface area contributed by atoms with Crippen LogP contribution in [0.3, 0.4) is 0 Å². The molecule has 0 unspecified atom stereocenters. The molecule has 6 heteroatoms. The van der Waals surface area contributed by atoms with E-state index in [0.29, 0.717) is 18.1 Å². The summed E-state index contributed by atoms with van der Waals surface area (Å²) in [5.41, 5.74) is 1.61. The molecule has 3 aromatic rings. The summed E-state index contributed by atoms with van der Waals surface area (Å²) in [5, 5.41) is 4.64. The molecule has 0 bridgehead atoms. The Labute approximate surface area is 151 Å². The highest BCUT2D eigenvalue weighted by Gasteiger charge is 2.30. The van der Waals surface area contributed by atoms with Gasteiger partial charge < -0.3 is 4.90 Å². The van der Waals surface area contributed by atoms with Gasteiger partial charge in [-0.1, -0.05) is 30.3 Å². The number of likely N-dealkylation sites (tertiary alicyclic amines) is 1. The molecule has 1 aliphatic rings. The summed E-state index contributed by atoms with van der Waals surface area (Å²) in [4.78, 5) is 18.7. The van der Waals surface area contributed by atoms with Crippen molar-refractivity contribution in [2.75, 3.05) is 6.54 Å². The third-order valence-corrected chi connectivity index (χ3v) is 4.69. The molecule has 26 heavy (non-hydrogen) atoms. The predicted molar refractivity (Wildman–Crippen MR) is 96.1 cm³/mol. The van der Waals surface area contributed by atoms with Gasteiger partial charge in [-0.2, -0.15) is 0 Å². The third kappa shape index (κ3) is 2.98. The minimum absolute atomic E-state index is 0.132. The molecule has 1 aromatic heterocycles. The van der Waals surface area contributed by atoms with Gasteiger partial charge in [0.05, 0.1) is 11.7 Å². The zero-order valence-electron chi connectivity index (χ0n) is 14.5. The maximum Gasteiger partial charge on any atom is 0.223 e. The fourth-order valence-corrected chi connectivity index (χ4v) is 3.29. The van der Waals surface area contributed by atoms with Crippen molar-refractivity contribution >= 4 is 5.91 Å². The van der Waals surface area contributed by atoms with Crippen molar-refractivity contribution in [1.82, 2.24) is 19.7 Å². The number of carbonyl (C=O) groups excluding carboxylic acids is 1. The molecule has 2 heterocycles. The summed E-state index contributed by atoms with van der Waals surface area (Å²) >= 11 is 0. The molecule has 0 N–H and O–H groups in total. The second-order valence-electron chi connectivity index (χ2n) is 6.41. The van der Waals surface area contributed by atoms with Crippen molar-refractivity contribution in [3.63, 3.8) is 0 Å². The average Bonchev–Trinajstić information content (AvgIpc) is 3.29. The van der Waals surface area contributed by atoms with Gasteiger partial charge in [-0.25, -0.2) is 14.1 Å². The van der Waals surface area contributed by atoms with Crippen LogP contribution in [0.1, 0.15) is 31.6 Å². The van der Waals surface area contributed by atoms with Gasteiger partial charge in [-0.3, -0.25) is 4.79 Å². The SMILES string of the molecule is C[C@@H](c1nc(-c2ccccc2)nn1-c1ccc(F)cc1)N1CCCC1=O. The minimum Gasteiger partial charge on any atom is -0.333 e. The van der Waals surface area contributed by atoms with E-state index in [4.69, 9.17) is 4.98 Å². The van der Waals surface area contributed by atoms with Gasteiger partial charge in [-0.05, 0) is 37.6 Å². The highest BCUT2D eigenvalue weighted by atomic mass is 19.1. The second kappa shape index (κ2) is 6.71. The van der Waals surface area contributed by atoms with Gasteiger partial charge in [0.15, 0.2) is 11.6 Å². The highest BCUT2D eigenvalue weighted by molar-refractivity contribution is 5.78. The summed E-state index contributed by atoms with van der Waals surface area (Å²) in [6, 6.07) is 15.6.